The van der Waals surface area contributed by atoms with Crippen molar-refractivity contribution in [1.29, 1.82) is 5.26 Å². The summed E-state index contributed by atoms with van der Waals surface area (Å²) in [5, 5.41) is 25.4. The maximum atomic E-state index is 12.3. The van der Waals surface area contributed by atoms with Crippen molar-refractivity contribution in [2.45, 2.75) is 13.0 Å². The number of aliphatic hydroxyl groups excluding tert-OH is 1. The molecule has 0 fully saturated rings. The van der Waals surface area contributed by atoms with E-state index in [1.54, 1.807) is 35.7 Å². The Morgan fingerprint density at radius 3 is 2.84 bits per heavy atom. The second-order valence-corrected chi connectivity index (χ2v) is 5.92. The molecule has 8 heteroatoms. The molecular formula is C17H17N3O4S. The van der Waals surface area contributed by atoms with E-state index in [2.05, 4.69) is 10.6 Å². The van der Waals surface area contributed by atoms with Gasteiger partial charge in [0, 0.05) is 12.2 Å². The zero-order chi connectivity index (χ0) is 18.2. The Balaban J connectivity index is 2.02. The molecule has 25 heavy (non-hydrogen) atoms. The van der Waals surface area contributed by atoms with Gasteiger partial charge < -0.3 is 20.5 Å². The van der Waals surface area contributed by atoms with Gasteiger partial charge in [0.15, 0.2) is 6.10 Å². The zero-order valence-electron chi connectivity index (χ0n) is 13.5. The van der Waals surface area contributed by atoms with Gasteiger partial charge in [0.2, 0.25) is 0 Å². The summed E-state index contributed by atoms with van der Waals surface area (Å²) in [6.07, 6.45) is -1.04. The van der Waals surface area contributed by atoms with Crippen LogP contribution in [0.25, 0.3) is 0 Å². The highest BCUT2D eigenvalue weighted by Crippen LogP contribution is 2.23. The molecule has 1 aromatic carbocycles. The number of rotatable bonds is 7. The van der Waals surface area contributed by atoms with E-state index in [9.17, 15) is 9.59 Å². The third-order valence-electron chi connectivity index (χ3n) is 3.25. The van der Waals surface area contributed by atoms with Crippen LogP contribution in [0.1, 0.15) is 22.8 Å². The maximum absolute atomic E-state index is 12.3. The predicted molar refractivity (Wildman–Crippen MR) is 94.6 cm³/mol. The standard InChI is InChI=1S/C17H17N3O4S/c1-11(15(22)20-16-12(10-18)6-9-25-16)24-17(23)13-4-2-3-5-14(13)19-7-8-21/h2-6,9,11,19,21H,7-8H2,1H3,(H,20,22)/t11-/m0/s1. The molecule has 0 radical (unpaired) electrons. The highest BCUT2D eigenvalue weighted by molar-refractivity contribution is 7.14. The lowest BCUT2D eigenvalue weighted by atomic mass is 10.1. The summed E-state index contributed by atoms with van der Waals surface area (Å²) < 4.78 is 5.21. The van der Waals surface area contributed by atoms with Crippen LogP contribution < -0.4 is 10.6 Å². The highest BCUT2D eigenvalue weighted by Gasteiger charge is 2.21. The average Bonchev–Trinajstić information content (AvgIpc) is 3.07. The van der Waals surface area contributed by atoms with Crippen molar-refractivity contribution >= 4 is 33.9 Å². The Labute approximate surface area is 148 Å². The number of carbonyl (C=O) groups is 2. The molecule has 2 aromatic rings. The molecule has 0 aliphatic heterocycles. The molecule has 1 atom stereocenters. The van der Waals surface area contributed by atoms with E-state index in [0.29, 0.717) is 16.3 Å². The van der Waals surface area contributed by atoms with Crippen LogP contribution in [0.3, 0.4) is 0 Å². The molecule has 0 aliphatic carbocycles. The summed E-state index contributed by atoms with van der Waals surface area (Å²) in [7, 11) is 0. The molecule has 0 bridgehead atoms. The van der Waals surface area contributed by atoms with Crippen LogP contribution in [0.4, 0.5) is 10.7 Å². The number of para-hydroxylation sites is 1. The molecular weight excluding hydrogens is 342 g/mol. The van der Waals surface area contributed by atoms with Gasteiger partial charge in [-0.05, 0) is 30.5 Å². The van der Waals surface area contributed by atoms with Crippen molar-refractivity contribution in [1.82, 2.24) is 0 Å². The smallest absolute Gasteiger partial charge is 0.341 e. The maximum Gasteiger partial charge on any atom is 0.341 e. The summed E-state index contributed by atoms with van der Waals surface area (Å²) in [5.41, 5.74) is 1.14. The first kappa shape index (κ1) is 18.4. The van der Waals surface area contributed by atoms with Crippen molar-refractivity contribution in [3.63, 3.8) is 0 Å². The highest BCUT2D eigenvalue weighted by atomic mass is 32.1. The van der Waals surface area contributed by atoms with Crippen LogP contribution in [0.15, 0.2) is 35.7 Å². The number of esters is 1. The van der Waals surface area contributed by atoms with Crippen LogP contribution in [-0.4, -0.2) is 36.2 Å². The summed E-state index contributed by atoms with van der Waals surface area (Å²) in [6, 6.07) is 10.2. The van der Waals surface area contributed by atoms with Crippen LogP contribution in [0, 0.1) is 11.3 Å². The molecule has 0 unspecified atom stereocenters. The van der Waals surface area contributed by atoms with Gasteiger partial charge in [-0.3, -0.25) is 4.79 Å². The van der Waals surface area contributed by atoms with Gasteiger partial charge in [-0.25, -0.2) is 4.79 Å². The predicted octanol–water partition coefficient (Wildman–Crippen LogP) is 2.21. The largest absolute Gasteiger partial charge is 0.449 e. The van der Waals surface area contributed by atoms with E-state index < -0.39 is 18.0 Å². The molecule has 1 aromatic heterocycles. The van der Waals surface area contributed by atoms with E-state index in [1.165, 1.54) is 18.3 Å². The van der Waals surface area contributed by atoms with Crippen LogP contribution in [-0.2, 0) is 9.53 Å². The fourth-order valence-corrected chi connectivity index (χ4v) is 2.73. The number of aliphatic hydroxyl groups is 1. The number of anilines is 2. The summed E-state index contributed by atoms with van der Waals surface area (Å²) in [6.45, 7) is 1.66. The first-order valence-electron chi connectivity index (χ1n) is 7.50. The van der Waals surface area contributed by atoms with Crippen LogP contribution in [0.2, 0.25) is 0 Å². The fraction of sp³-hybridized carbons (Fsp3) is 0.235. The first-order valence-corrected chi connectivity index (χ1v) is 8.38. The molecule has 2 rings (SSSR count). The Hall–Kier alpha value is -2.89. The molecule has 130 valence electrons. The number of carbonyl (C=O) groups excluding carboxylic acids is 2. The number of thiophene rings is 1. The Morgan fingerprint density at radius 2 is 2.12 bits per heavy atom. The van der Waals surface area contributed by atoms with Gasteiger partial charge in [0.05, 0.1) is 17.7 Å². The molecule has 7 nitrogen and oxygen atoms in total. The fourth-order valence-electron chi connectivity index (χ4n) is 1.99. The van der Waals surface area contributed by atoms with E-state index in [4.69, 9.17) is 15.1 Å². The lowest BCUT2D eigenvalue weighted by molar-refractivity contribution is -0.123. The van der Waals surface area contributed by atoms with Crippen molar-refractivity contribution in [3.05, 3.63) is 46.8 Å². The number of benzene rings is 1. The van der Waals surface area contributed by atoms with Gasteiger partial charge in [0.1, 0.15) is 11.1 Å². The quantitative estimate of drug-likeness (QED) is 0.654. The number of nitrogens with zero attached hydrogens (tertiary/aromatic N) is 1. The number of nitriles is 1. The minimum absolute atomic E-state index is 0.0791. The van der Waals surface area contributed by atoms with Gasteiger partial charge in [-0.1, -0.05) is 12.1 Å². The van der Waals surface area contributed by atoms with Gasteiger partial charge >= 0.3 is 5.97 Å². The van der Waals surface area contributed by atoms with Crippen LogP contribution in [0.5, 0.6) is 0 Å². The number of amides is 1. The monoisotopic (exact) mass is 359 g/mol. The number of nitrogens with one attached hydrogen (secondary N) is 2. The summed E-state index contributed by atoms with van der Waals surface area (Å²) in [4.78, 5) is 24.5. The van der Waals surface area contributed by atoms with Crippen molar-refractivity contribution in [2.75, 3.05) is 23.8 Å². The van der Waals surface area contributed by atoms with Gasteiger partial charge in [0.25, 0.3) is 5.91 Å². The van der Waals surface area contributed by atoms with Crippen molar-refractivity contribution in [3.8, 4) is 6.07 Å². The molecule has 3 N–H and O–H groups in total. The van der Waals surface area contributed by atoms with E-state index in [-0.39, 0.29) is 18.7 Å². The molecule has 0 saturated heterocycles. The Morgan fingerprint density at radius 1 is 1.36 bits per heavy atom. The number of ether oxygens (including phenoxy) is 1. The minimum atomic E-state index is -1.04. The third kappa shape index (κ3) is 4.79. The van der Waals surface area contributed by atoms with Gasteiger partial charge in [-0.15, -0.1) is 11.3 Å². The normalized spacial score (nSPS) is 11.2. The second kappa shape index (κ2) is 8.82. The summed E-state index contributed by atoms with van der Waals surface area (Å²) in [5.74, 6) is -1.18. The van der Waals surface area contributed by atoms with E-state index >= 15 is 0 Å². The molecule has 0 aliphatic rings. The summed E-state index contributed by atoms with van der Waals surface area (Å²) >= 11 is 1.22. The van der Waals surface area contributed by atoms with E-state index in [0.717, 1.165) is 0 Å². The lowest BCUT2D eigenvalue weighted by Crippen LogP contribution is -2.30. The second-order valence-electron chi connectivity index (χ2n) is 5.01. The van der Waals surface area contributed by atoms with Gasteiger partial charge in [-0.2, -0.15) is 5.26 Å². The topological polar surface area (TPSA) is 111 Å². The SMILES string of the molecule is C[C@H](OC(=O)c1ccccc1NCCO)C(=O)Nc1sccc1C#N. The molecule has 0 spiro atoms. The zero-order valence-corrected chi connectivity index (χ0v) is 14.3. The number of hydrogen-bond donors (Lipinski definition) is 3. The first-order chi connectivity index (χ1) is 12.1. The van der Waals surface area contributed by atoms with E-state index in [1.807, 2.05) is 6.07 Å². The number of hydrogen-bond acceptors (Lipinski definition) is 7. The van der Waals surface area contributed by atoms with Crippen molar-refractivity contribution in [2.24, 2.45) is 0 Å². The lowest BCUT2D eigenvalue weighted by Gasteiger charge is -2.15. The Kier molecular flexibility index (Phi) is 6.51. The molecule has 1 heterocycles. The third-order valence-corrected chi connectivity index (χ3v) is 4.08. The average molecular weight is 359 g/mol. The molecule has 0 saturated carbocycles. The Bertz CT molecular complexity index is 797. The molecule has 1 amide bonds. The van der Waals surface area contributed by atoms with Crippen molar-refractivity contribution < 1.29 is 19.4 Å². The van der Waals surface area contributed by atoms with Crippen LogP contribution >= 0.6 is 11.3 Å². The minimum Gasteiger partial charge on any atom is -0.449 e.